The minimum absolute atomic E-state index is 0.00258. The van der Waals surface area contributed by atoms with Gasteiger partial charge in [-0.2, -0.15) is 5.10 Å². The second kappa shape index (κ2) is 5.79. The zero-order valence-corrected chi connectivity index (χ0v) is 13.8. The van der Waals surface area contributed by atoms with Gasteiger partial charge in [0.25, 0.3) is 0 Å². The molecule has 21 heavy (non-hydrogen) atoms. The van der Waals surface area contributed by atoms with Gasteiger partial charge >= 0.3 is 0 Å². The fraction of sp³-hybridized carbons (Fsp3) is 0.750. The zero-order valence-electron chi connectivity index (χ0n) is 13.8. The van der Waals surface area contributed by atoms with Crippen molar-refractivity contribution in [2.24, 2.45) is 30.0 Å². The Kier molecular flexibility index (Phi) is 4.42. The smallest absolute Gasteiger partial charge is 0.228 e. The van der Waals surface area contributed by atoms with Crippen molar-refractivity contribution < 1.29 is 4.79 Å². The summed E-state index contributed by atoms with van der Waals surface area (Å²) in [6.07, 6.45) is 4.45. The van der Waals surface area contributed by atoms with Crippen LogP contribution in [0.4, 0.5) is 5.69 Å². The molecule has 0 aromatic carbocycles. The first-order chi connectivity index (χ1) is 9.77. The van der Waals surface area contributed by atoms with E-state index in [2.05, 4.69) is 31.2 Å². The quantitative estimate of drug-likeness (QED) is 0.898. The van der Waals surface area contributed by atoms with Gasteiger partial charge in [0.15, 0.2) is 0 Å². The van der Waals surface area contributed by atoms with Crippen LogP contribution in [-0.4, -0.2) is 21.7 Å². The third-order valence-electron chi connectivity index (χ3n) is 5.32. The van der Waals surface area contributed by atoms with Gasteiger partial charge in [-0.25, -0.2) is 0 Å². The van der Waals surface area contributed by atoms with Crippen LogP contribution in [0.3, 0.4) is 0 Å². The normalized spacial score (nSPS) is 28.4. The van der Waals surface area contributed by atoms with Crippen molar-refractivity contribution in [3.8, 4) is 0 Å². The molecule has 0 radical (unpaired) electrons. The number of aromatic nitrogens is 2. The fourth-order valence-electron chi connectivity index (χ4n) is 3.44. The predicted octanol–water partition coefficient (Wildman–Crippen LogP) is 2.32. The first-order valence-corrected chi connectivity index (χ1v) is 7.86. The van der Waals surface area contributed by atoms with Gasteiger partial charge in [-0.1, -0.05) is 27.7 Å². The number of anilines is 1. The first-order valence-electron chi connectivity index (χ1n) is 7.86. The predicted molar refractivity (Wildman–Crippen MR) is 84.9 cm³/mol. The highest BCUT2D eigenvalue weighted by molar-refractivity contribution is 5.93. The summed E-state index contributed by atoms with van der Waals surface area (Å²) in [5.41, 5.74) is 7.86. The zero-order chi connectivity index (χ0) is 15.8. The van der Waals surface area contributed by atoms with Crippen molar-refractivity contribution in [1.29, 1.82) is 0 Å². The summed E-state index contributed by atoms with van der Waals surface area (Å²) >= 11 is 0. The molecule has 118 valence electrons. The Morgan fingerprint density at radius 2 is 2.19 bits per heavy atom. The molecule has 0 saturated heterocycles. The molecule has 3 N–H and O–H groups in total. The second-order valence-corrected chi connectivity index (χ2v) is 6.91. The Hall–Kier alpha value is -1.36. The lowest BCUT2D eigenvalue weighted by Crippen LogP contribution is -2.50. The minimum atomic E-state index is -0.0870. The van der Waals surface area contributed by atoms with Crippen LogP contribution < -0.4 is 11.1 Å². The van der Waals surface area contributed by atoms with Gasteiger partial charge in [0.1, 0.15) is 0 Å². The Morgan fingerprint density at radius 1 is 1.52 bits per heavy atom. The van der Waals surface area contributed by atoms with Crippen molar-refractivity contribution in [3.05, 3.63) is 11.9 Å². The van der Waals surface area contributed by atoms with E-state index in [0.29, 0.717) is 5.92 Å². The maximum Gasteiger partial charge on any atom is 0.228 e. The average Bonchev–Trinajstić information content (AvgIpc) is 2.76. The van der Waals surface area contributed by atoms with Crippen molar-refractivity contribution in [2.45, 2.75) is 53.0 Å². The van der Waals surface area contributed by atoms with Crippen molar-refractivity contribution in [2.75, 3.05) is 5.32 Å². The molecule has 3 atom stereocenters. The van der Waals surface area contributed by atoms with Crippen molar-refractivity contribution in [1.82, 2.24) is 9.78 Å². The molecule has 1 aromatic heterocycles. The molecule has 1 heterocycles. The number of carbonyl (C=O) groups excluding carboxylic acids is 1. The van der Waals surface area contributed by atoms with Gasteiger partial charge in [-0.05, 0) is 30.6 Å². The lowest BCUT2D eigenvalue weighted by Gasteiger charge is -2.45. The number of hydrogen-bond donors (Lipinski definition) is 2. The van der Waals surface area contributed by atoms with E-state index >= 15 is 0 Å². The topological polar surface area (TPSA) is 72.9 Å². The number of nitrogens with one attached hydrogen (secondary N) is 1. The molecular formula is C16H28N4O. The van der Waals surface area contributed by atoms with Gasteiger partial charge < -0.3 is 11.1 Å². The summed E-state index contributed by atoms with van der Waals surface area (Å²) < 4.78 is 1.75. The van der Waals surface area contributed by atoms with Crippen LogP contribution in [0.15, 0.2) is 6.20 Å². The molecule has 1 aliphatic carbocycles. The Bertz CT molecular complexity index is 520. The van der Waals surface area contributed by atoms with E-state index in [1.807, 2.05) is 20.2 Å². The van der Waals surface area contributed by atoms with Crippen LogP contribution in [0.25, 0.3) is 0 Å². The molecule has 1 aromatic rings. The molecule has 1 aliphatic rings. The third-order valence-corrected chi connectivity index (χ3v) is 5.32. The van der Waals surface area contributed by atoms with Crippen molar-refractivity contribution in [3.63, 3.8) is 0 Å². The van der Waals surface area contributed by atoms with Gasteiger partial charge in [0.05, 0.1) is 11.4 Å². The average molecular weight is 292 g/mol. The second-order valence-electron chi connectivity index (χ2n) is 6.91. The standard InChI is InChI=1S/C16H28N4O/c1-6-13-14(9-20(5)19-13)18-15(21)11-7-8-12(17)10(2)16(11,3)4/h9-12H,6-8,17H2,1-5H3,(H,18,21). The Balaban J connectivity index is 2.16. The molecular weight excluding hydrogens is 264 g/mol. The number of carbonyl (C=O) groups is 1. The summed E-state index contributed by atoms with van der Waals surface area (Å²) in [7, 11) is 1.88. The largest absolute Gasteiger partial charge is 0.327 e. The van der Waals surface area contributed by atoms with Gasteiger partial charge in [-0.3, -0.25) is 9.48 Å². The van der Waals surface area contributed by atoms with Gasteiger partial charge in [0, 0.05) is 25.2 Å². The van der Waals surface area contributed by atoms with Crippen LogP contribution in [0, 0.1) is 17.3 Å². The lowest BCUT2D eigenvalue weighted by molar-refractivity contribution is -0.127. The number of aryl methyl sites for hydroxylation is 2. The van der Waals surface area contributed by atoms with E-state index in [1.54, 1.807) is 4.68 Å². The number of nitrogens with zero attached hydrogens (tertiary/aromatic N) is 2. The van der Waals surface area contributed by atoms with Gasteiger partial charge in [0.2, 0.25) is 5.91 Å². The van der Waals surface area contributed by atoms with Crippen LogP contribution in [0.2, 0.25) is 0 Å². The van der Waals surface area contributed by atoms with Crippen LogP contribution in [0.1, 0.15) is 46.2 Å². The molecule has 0 aliphatic heterocycles. The number of hydrogen-bond acceptors (Lipinski definition) is 3. The number of amides is 1. The SMILES string of the molecule is CCc1nn(C)cc1NC(=O)C1CCC(N)C(C)C1(C)C. The highest BCUT2D eigenvalue weighted by Gasteiger charge is 2.45. The summed E-state index contributed by atoms with van der Waals surface area (Å²) in [4.78, 5) is 12.7. The van der Waals surface area contributed by atoms with E-state index in [0.717, 1.165) is 30.6 Å². The first kappa shape index (κ1) is 16.0. The number of nitrogens with two attached hydrogens (primary N) is 1. The van der Waals surface area contributed by atoms with Gasteiger partial charge in [-0.15, -0.1) is 0 Å². The van der Waals surface area contributed by atoms with E-state index in [1.165, 1.54) is 0 Å². The number of rotatable bonds is 3. The molecule has 1 amide bonds. The third kappa shape index (κ3) is 2.98. The molecule has 2 rings (SSSR count). The van der Waals surface area contributed by atoms with Crippen LogP contribution >= 0.6 is 0 Å². The fourth-order valence-corrected chi connectivity index (χ4v) is 3.44. The molecule has 3 unspecified atom stereocenters. The molecule has 5 nitrogen and oxygen atoms in total. The monoisotopic (exact) mass is 292 g/mol. The summed E-state index contributed by atoms with van der Waals surface area (Å²) in [5.74, 6) is 0.431. The molecule has 5 heteroatoms. The summed E-state index contributed by atoms with van der Waals surface area (Å²) in [6, 6.07) is 0.189. The Labute approximate surface area is 127 Å². The summed E-state index contributed by atoms with van der Waals surface area (Å²) in [5, 5.41) is 7.45. The molecule has 0 spiro atoms. The summed E-state index contributed by atoms with van der Waals surface area (Å²) in [6.45, 7) is 8.52. The highest BCUT2D eigenvalue weighted by Crippen LogP contribution is 2.44. The minimum Gasteiger partial charge on any atom is -0.327 e. The van der Waals surface area contributed by atoms with E-state index in [4.69, 9.17) is 5.73 Å². The lowest BCUT2D eigenvalue weighted by atomic mass is 9.61. The van der Waals surface area contributed by atoms with E-state index in [-0.39, 0.29) is 23.3 Å². The Morgan fingerprint density at radius 3 is 2.81 bits per heavy atom. The maximum absolute atomic E-state index is 12.7. The molecule has 1 fully saturated rings. The van der Waals surface area contributed by atoms with Crippen LogP contribution in [0.5, 0.6) is 0 Å². The van der Waals surface area contributed by atoms with E-state index in [9.17, 15) is 4.79 Å². The molecule has 0 bridgehead atoms. The van der Waals surface area contributed by atoms with Crippen LogP contribution in [-0.2, 0) is 18.3 Å². The highest BCUT2D eigenvalue weighted by atomic mass is 16.1. The maximum atomic E-state index is 12.7. The molecule has 1 saturated carbocycles. The van der Waals surface area contributed by atoms with Crippen molar-refractivity contribution >= 4 is 11.6 Å². The van der Waals surface area contributed by atoms with E-state index < -0.39 is 0 Å².